The first-order chi connectivity index (χ1) is 10.6. The SMILES string of the molecule is Cc1c(CC[NH3+])c2cc(Br)ccc2n1Cc1ccccc1Cl. The molecule has 2 nitrogen and oxygen atoms in total. The average Bonchev–Trinajstić information content (AvgIpc) is 2.75. The molecule has 22 heavy (non-hydrogen) atoms. The second-order valence-corrected chi connectivity index (χ2v) is 6.83. The van der Waals surface area contributed by atoms with Gasteiger partial charge in [0.15, 0.2) is 0 Å². The van der Waals surface area contributed by atoms with Gasteiger partial charge in [-0.05, 0) is 42.3 Å². The van der Waals surface area contributed by atoms with Crippen molar-refractivity contribution < 1.29 is 5.73 Å². The van der Waals surface area contributed by atoms with Crippen LogP contribution in [0.5, 0.6) is 0 Å². The van der Waals surface area contributed by atoms with Gasteiger partial charge >= 0.3 is 0 Å². The average molecular weight is 379 g/mol. The summed E-state index contributed by atoms with van der Waals surface area (Å²) in [5.41, 5.74) is 9.11. The van der Waals surface area contributed by atoms with Gasteiger partial charge in [0.1, 0.15) is 0 Å². The van der Waals surface area contributed by atoms with E-state index in [1.165, 1.54) is 22.2 Å². The molecule has 3 N–H and O–H groups in total. The Kier molecular flexibility index (Phi) is 4.57. The third kappa shape index (κ3) is 2.81. The second-order valence-electron chi connectivity index (χ2n) is 5.51. The van der Waals surface area contributed by atoms with Crippen molar-refractivity contribution in [3.05, 3.63) is 68.8 Å². The zero-order valence-corrected chi connectivity index (χ0v) is 14.9. The van der Waals surface area contributed by atoms with Gasteiger partial charge in [-0.2, -0.15) is 0 Å². The summed E-state index contributed by atoms with van der Waals surface area (Å²) in [7, 11) is 0. The molecule has 0 aliphatic heterocycles. The van der Waals surface area contributed by atoms with E-state index in [0.29, 0.717) is 0 Å². The topological polar surface area (TPSA) is 32.6 Å². The second kappa shape index (κ2) is 6.45. The summed E-state index contributed by atoms with van der Waals surface area (Å²) in [6, 6.07) is 14.5. The molecular formula is C18H19BrClN2+. The minimum absolute atomic E-state index is 0.792. The van der Waals surface area contributed by atoms with Crippen LogP contribution in [0, 0.1) is 6.92 Å². The molecular weight excluding hydrogens is 360 g/mol. The summed E-state index contributed by atoms with van der Waals surface area (Å²) in [4.78, 5) is 0. The molecule has 0 spiro atoms. The van der Waals surface area contributed by atoms with Crippen LogP contribution in [0.15, 0.2) is 46.9 Å². The Balaban J connectivity index is 2.17. The number of fused-ring (bicyclic) bond motifs is 1. The first kappa shape index (κ1) is 15.6. The molecule has 0 amide bonds. The largest absolute Gasteiger partial charge is 0.357 e. The lowest BCUT2D eigenvalue weighted by atomic mass is 10.1. The Morgan fingerprint density at radius 3 is 2.68 bits per heavy atom. The van der Waals surface area contributed by atoms with E-state index in [2.05, 4.69) is 57.4 Å². The third-order valence-electron chi connectivity index (χ3n) is 4.13. The van der Waals surface area contributed by atoms with Crippen molar-refractivity contribution in [2.45, 2.75) is 19.9 Å². The zero-order chi connectivity index (χ0) is 15.7. The van der Waals surface area contributed by atoms with E-state index in [4.69, 9.17) is 11.6 Å². The lowest BCUT2D eigenvalue weighted by molar-refractivity contribution is -0.366. The standard InChI is InChI=1S/C18H18BrClN2/c1-12-15(8-9-21)16-10-14(19)6-7-18(16)22(12)11-13-4-2-3-5-17(13)20/h2-7,10H,8-9,11,21H2,1H3/p+1. The molecule has 2 aromatic carbocycles. The molecule has 114 valence electrons. The number of nitrogens with zero attached hydrogens (tertiary/aromatic N) is 1. The van der Waals surface area contributed by atoms with E-state index in [0.717, 1.165) is 34.6 Å². The molecule has 3 aromatic rings. The van der Waals surface area contributed by atoms with Gasteiger partial charge in [-0.15, -0.1) is 0 Å². The van der Waals surface area contributed by atoms with E-state index in [1.54, 1.807) is 0 Å². The van der Waals surface area contributed by atoms with Crippen molar-refractivity contribution in [1.29, 1.82) is 0 Å². The van der Waals surface area contributed by atoms with Crippen LogP contribution in [-0.4, -0.2) is 11.1 Å². The molecule has 3 rings (SSSR count). The van der Waals surface area contributed by atoms with Crippen molar-refractivity contribution in [3.63, 3.8) is 0 Å². The molecule has 0 saturated heterocycles. The van der Waals surface area contributed by atoms with Gasteiger partial charge in [0.2, 0.25) is 0 Å². The van der Waals surface area contributed by atoms with E-state index in [-0.39, 0.29) is 0 Å². The van der Waals surface area contributed by atoms with E-state index in [1.807, 2.05) is 18.2 Å². The molecule has 0 fully saturated rings. The highest BCUT2D eigenvalue weighted by atomic mass is 79.9. The quantitative estimate of drug-likeness (QED) is 0.706. The molecule has 4 heteroatoms. The van der Waals surface area contributed by atoms with Gasteiger partial charge in [0, 0.05) is 39.1 Å². The normalized spacial score (nSPS) is 11.3. The highest BCUT2D eigenvalue weighted by molar-refractivity contribution is 9.10. The van der Waals surface area contributed by atoms with Crippen molar-refractivity contribution in [2.75, 3.05) is 6.54 Å². The Morgan fingerprint density at radius 2 is 1.95 bits per heavy atom. The summed E-state index contributed by atoms with van der Waals surface area (Å²) in [5, 5.41) is 2.13. The summed E-state index contributed by atoms with van der Waals surface area (Å²) < 4.78 is 3.47. The van der Waals surface area contributed by atoms with Gasteiger partial charge in [0.05, 0.1) is 6.54 Å². The van der Waals surface area contributed by atoms with E-state index in [9.17, 15) is 0 Å². The number of benzene rings is 2. The fourth-order valence-corrected chi connectivity index (χ4v) is 3.57. The maximum atomic E-state index is 6.34. The lowest BCUT2D eigenvalue weighted by Crippen LogP contribution is -2.51. The van der Waals surface area contributed by atoms with Crippen molar-refractivity contribution in [3.8, 4) is 0 Å². The first-order valence-corrected chi connectivity index (χ1v) is 8.58. The number of rotatable bonds is 4. The molecule has 0 aliphatic rings. The molecule has 0 radical (unpaired) electrons. The number of hydrogen-bond acceptors (Lipinski definition) is 0. The molecule has 0 atom stereocenters. The number of aromatic nitrogens is 1. The fourth-order valence-electron chi connectivity index (χ4n) is 3.02. The van der Waals surface area contributed by atoms with E-state index < -0.39 is 0 Å². The van der Waals surface area contributed by atoms with Crippen LogP contribution in [-0.2, 0) is 13.0 Å². The Bertz CT molecular complexity index is 823. The van der Waals surface area contributed by atoms with Crippen LogP contribution in [0.2, 0.25) is 5.02 Å². The van der Waals surface area contributed by atoms with Crippen molar-refractivity contribution in [1.82, 2.24) is 4.57 Å². The lowest BCUT2D eigenvalue weighted by Gasteiger charge is -2.10. The van der Waals surface area contributed by atoms with Crippen LogP contribution < -0.4 is 5.73 Å². The molecule has 1 aromatic heterocycles. The smallest absolute Gasteiger partial charge is 0.0781 e. The zero-order valence-electron chi connectivity index (χ0n) is 12.6. The minimum Gasteiger partial charge on any atom is -0.357 e. The van der Waals surface area contributed by atoms with Crippen molar-refractivity contribution in [2.24, 2.45) is 0 Å². The minimum atomic E-state index is 0.792. The Morgan fingerprint density at radius 1 is 1.18 bits per heavy atom. The molecule has 0 aliphatic carbocycles. The summed E-state index contributed by atoms with van der Waals surface area (Å²) in [6.07, 6.45) is 0.994. The van der Waals surface area contributed by atoms with Crippen LogP contribution in [0.25, 0.3) is 10.9 Å². The predicted molar refractivity (Wildman–Crippen MR) is 96.4 cm³/mol. The van der Waals surface area contributed by atoms with Crippen LogP contribution >= 0.6 is 27.5 Å². The van der Waals surface area contributed by atoms with Gasteiger partial charge in [-0.1, -0.05) is 45.7 Å². The number of hydrogen-bond donors (Lipinski definition) is 1. The summed E-state index contributed by atoms with van der Waals surface area (Å²) in [6.45, 7) is 3.88. The Labute approximate surface area is 144 Å². The summed E-state index contributed by atoms with van der Waals surface area (Å²) in [5.74, 6) is 0. The van der Waals surface area contributed by atoms with Gasteiger partial charge in [-0.3, -0.25) is 0 Å². The monoisotopic (exact) mass is 377 g/mol. The molecule has 0 bridgehead atoms. The summed E-state index contributed by atoms with van der Waals surface area (Å²) >= 11 is 9.92. The van der Waals surface area contributed by atoms with Crippen LogP contribution in [0.3, 0.4) is 0 Å². The van der Waals surface area contributed by atoms with Gasteiger partial charge in [-0.25, -0.2) is 0 Å². The third-order valence-corrected chi connectivity index (χ3v) is 4.99. The Hall–Kier alpha value is -1.29. The maximum Gasteiger partial charge on any atom is 0.0781 e. The maximum absolute atomic E-state index is 6.34. The highest BCUT2D eigenvalue weighted by Crippen LogP contribution is 2.30. The fraction of sp³-hybridized carbons (Fsp3) is 0.222. The highest BCUT2D eigenvalue weighted by Gasteiger charge is 2.15. The van der Waals surface area contributed by atoms with Gasteiger partial charge in [0.25, 0.3) is 0 Å². The molecule has 1 heterocycles. The number of halogens is 2. The molecule has 0 unspecified atom stereocenters. The predicted octanol–water partition coefficient (Wildman–Crippen LogP) is 4.20. The van der Waals surface area contributed by atoms with Crippen molar-refractivity contribution >= 4 is 38.4 Å². The molecule has 0 saturated carbocycles. The first-order valence-electron chi connectivity index (χ1n) is 7.41. The van der Waals surface area contributed by atoms with Crippen LogP contribution in [0.1, 0.15) is 16.8 Å². The van der Waals surface area contributed by atoms with E-state index >= 15 is 0 Å². The van der Waals surface area contributed by atoms with Crippen LogP contribution in [0.4, 0.5) is 0 Å². The van der Waals surface area contributed by atoms with Gasteiger partial charge < -0.3 is 10.3 Å². The number of quaternary nitrogens is 1.